The predicted molar refractivity (Wildman–Crippen MR) is 176 cm³/mol. The van der Waals surface area contributed by atoms with Gasteiger partial charge in [-0.15, -0.1) is 0 Å². The Kier molecular flexibility index (Phi) is 10.7. The number of carbonyl (C=O) groups is 2. The molecule has 0 bridgehead atoms. The molecule has 0 aliphatic carbocycles. The maximum absolute atomic E-state index is 14.0. The van der Waals surface area contributed by atoms with E-state index in [4.69, 9.17) is 11.6 Å². The van der Waals surface area contributed by atoms with Crippen molar-refractivity contribution >= 4 is 52.0 Å². The third kappa shape index (κ3) is 7.93. The van der Waals surface area contributed by atoms with Gasteiger partial charge in [-0.3, -0.25) is 24.6 Å². The summed E-state index contributed by atoms with van der Waals surface area (Å²) in [6, 6.07) is 10.5. The van der Waals surface area contributed by atoms with Gasteiger partial charge in [0, 0.05) is 59.0 Å². The highest BCUT2D eigenvalue weighted by Crippen LogP contribution is 2.39. The lowest BCUT2D eigenvalue weighted by atomic mass is 10.1. The number of nitrogens with zero attached hydrogens (tertiary/aromatic N) is 7. The number of benzene rings is 2. The van der Waals surface area contributed by atoms with Gasteiger partial charge >= 0.3 is 6.18 Å². The topological polar surface area (TPSA) is 106 Å². The molecule has 0 spiro atoms. The van der Waals surface area contributed by atoms with E-state index in [1.54, 1.807) is 44.4 Å². The number of anilines is 4. The van der Waals surface area contributed by atoms with Gasteiger partial charge in [-0.05, 0) is 63.3 Å². The summed E-state index contributed by atoms with van der Waals surface area (Å²) in [6.07, 6.45) is -4.60. The van der Waals surface area contributed by atoms with Crippen LogP contribution in [-0.4, -0.2) is 81.0 Å². The zero-order valence-corrected chi connectivity index (χ0v) is 27.8. The van der Waals surface area contributed by atoms with E-state index in [0.717, 1.165) is 22.6 Å². The molecule has 0 saturated carbocycles. The molecular formula is C32H37ClF3N7O4. The van der Waals surface area contributed by atoms with Crippen LogP contribution in [-0.2, 0) is 22.3 Å². The summed E-state index contributed by atoms with van der Waals surface area (Å²) in [6.45, 7) is 2.92. The van der Waals surface area contributed by atoms with E-state index >= 15 is 0 Å². The molecule has 11 nitrogen and oxygen atoms in total. The van der Waals surface area contributed by atoms with Crippen molar-refractivity contribution in [1.29, 1.82) is 0 Å². The summed E-state index contributed by atoms with van der Waals surface area (Å²) in [5.74, 6) is -1.26. The van der Waals surface area contributed by atoms with Gasteiger partial charge < -0.3 is 19.6 Å². The molecule has 1 aliphatic heterocycles. The number of aromatic nitrogens is 1. The fraction of sp³-hybridized carbons (Fsp3) is 0.406. The second kappa shape index (κ2) is 14.1. The highest BCUT2D eigenvalue weighted by atomic mass is 35.5. The van der Waals surface area contributed by atoms with Crippen molar-refractivity contribution in [2.75, 3.05) is 67.9 Å². The third-order valence-corrected chi connectivity index (χ3v) is 8.31. The van der Waals surface area contributed by atoms with Crippen molar-refractivity contribution in [3.05, 3.63) is 80.5 Å². The van der Waals surface area contributed by atoms with E-state index in [1.165, 1.54) is 24.9 Å². The SMILES string of the molecule is Cc1cc(C(F)(F)F)cc(N2C(=O)CCC2C(=O)N(C)c2cccc(Cl)c2N(C)Cc2ccc([N+](=O)[O-])c(N(C)CCN(C)C)c2)n1. The number of pyridine rings is 1. The first-order chi connectivity index (χ1) is 22.0. The minimum absolute atomic E-state index is 0.0254. The Labute approximate surface area is 276 Å². The average molecular weight is 676 g/mol. The van der Waals surface area contributed by atoms with Crippen LogP contribution >= 0.6 is 11.6 Å². The fourth-order valence-electron chi connectivity index (χ4n) is 5.59. The molecule has 1 unspecified atom stereocenters. The van der Waals surface area contributed by atoms with E-state index < -0.39 is 34.5 Å². The normalized spacial score (nSPS) is 14.9. The highest BCUT2D eigenvalue weighted by Gasteiger charge is 2.41. The number of hydrogen-bond donors (Lipinski definition) is 0. The largest absolute Gasteiger partial charge is 0.416 e. The van der Waals surface area contributed by atoms with E-state index in [-0.39, 0.29) is 36.6 Å². The zero-order valence-electron chi connectivity index (χ0n) is 27.0. The maximum Gasteiger partial charge on any atom is 0.416 e. The molecule has 1 aromatic heterocycles. The van der Waals surface area contributed by atoms with Crippen LogP contribution in [0, 0.1) is 17.0 Å². The Balaban J connectivity index is 1.64. The van der Waals surface area contributed by atoms with E-state index in [9.17, 15) is 32.9 Å². The number of nitro groups is 1. The van der Waals surface area contributed by atoms with Crippen molar-refractivity contribution < 1.29 is 27.7 Å². The summed E-state index contributed by atoms with van der Waals surface area (Å²) in [5, 5.41) is 12.1. The number of rotatable bonds is 11. The number of aryl methyl sites for hydroxylation is 1. The first-order valence-electron chi connectivity index (χ1n) is 14.8. The van der Waals surface area contributed by atoms with Crippen LogP contribution in [0.5, 0.6) is 0 Å². The van der Waals surface area contributed by atoms with Crippen LogP contribution in [0.4, 0.5) is 41.7 Å². The lowest BCUT2D eigenvalue weighted by molar-refractivity contribution is -0.384. The number of nitro benzene ring substituents is 1. The van der Waals surface area contributed by atoms with Crippen molar-refractivity contribution in [3.8, 4) is 0 Å². The minimum Gasteiger partial charge on any atom is -0.368 e. The fourth-order valence-corrected chi connectivity index (χ4v) is 5.90. The van der Waals surface area contributed by atoms with Gasteiger partial charge in [-0.2, -0.15) is 13.2 Å². The molecule has 1 saturated heterocycles. The Morgan fingerprint density at radius 3 is 2.38 bits per heavy atom. The predicted octanol–water partition coefficient (Wildman–Crippen LogP) is 5.76. The number of likely N-dealkylation sites (N-methyl/N-ethyl adjacent to an activating group) is 3. The van der Waals surface area contributed by atoms with Crippen molar-refractivity contribution in [2.45, 2.75) is 38.5 Å². The third-order valence-electron chi connectivity index (χ3n) is 8.00. The van der Waals surface area contributed by atoms with Crippen LogP contribution in [0.1, 0.15) is 29.7 Å². The zero-order chi connectivity index (χ0) is 34.8. The van der Waals surface area contributed by atoms with Crippen molar-refractivity contribution in [2.24, 2.45) is 0 Å². The van der Waals surface area contributed by atoms with Crippen molar-refractivity contribution in [3.63, 3.8) is 0 Å². The van der Waals surface area contributed by atoms with Crippen LogP contribution in [0.25, 0.3) is 0 Å². The molecule has 47 heavy (non-hydrogen) atoms. The van der Waals surface area contributed by atoms with Crippen molar-refractivity contribution in [1.82, 2.24) is 9.88 Å². The van der Waals surface area contributed by atoms with Gasteiger partial charge in [-0.25, -0.2) is 4.98 Å². The summed E-state index contributed by atoms with van der Waals surface area (Å²) in [5.41, 5.74) is 1.17. The molecular weight excluding hydrogens is 639 g/mol. The standard InChI is InChI=1S/C32H37ClF3N7O4/c1-20-16-22(32(34,35)36)18-28(37-20)42-26(12-13-29(42)44)31(45)41(6)25-9-7-8-23(33)30(25)40(5)19-21-10-11-24(43(46)47)27(17-21)39(4)15-14-38(2)3/h7-11,16-18,26H,12-15,19H2,1-6H3. The smallest absolute Gasteiger partial charge is 0.368 e. The molecule has 2 heterocycles. The molecule has 0 radical (unpaired) electrons. The number of para-hydroxylation sites is 1. The number of hydrogen-bond acceptors (Lipinski definition) is 8. The maximum atomic E-state index is 14.0. The van der Waals surface area contributed by atoms with Gasteiger partial charge in [0.2, 0.25) is 11.8 Å². The Bertz CT molecular complexity index is 1670. The summed E-state index contributed by atoms with van der Waals surface area (Å²) < 4.78 is 40.7. The molecule has 1 aliphatic rings. The van der Waals surface area contributed by atoms with Crippen LogP contribution in [0.3, 0.4) is 0 Å². The molecule has 1 atom stereocenters. The Morgan fingerprint density at radius 2 is 1.74 bits per heavy atom. The number of alkyl halides is 3. The van der Waals surface area contributed by atoms with Gasteiger partial charge in [-0.1, -0.05) is 23.7 Å². The van der Waals surface area contributed by atoms with Gasteiger partial charge in [0.05, 0.1) is 26.9 Å². The molecule has 3 aromatic rings. The molecule has 2 amide bonds. The van der Waals surface area contributed by atoms with Crippen LogP contribution < -0.4 is 19.6 Å². The lowest BCUT2D eigenvalue weighted by Crippen LogP contribution is -2.46. The first-order valence-corrected chi connectivity index (χ1v) is 15.2. The van der Waals surface area contributed by atoms with Gasteiger partial charge in [0.25, 0.3) is 5.69 Å². The highest BCUT2D eigenvalue weighted by molar-refractivity contribution is 6.34. The summed E-state index contributed by atoms with van der Waals surface area (Å²) >= 11 is 6.68. The quantitative estimate of drug-likeness (QED) is 0.187. The van der Waals surface area contributed by atoms with E-state index in [0.29, 0.717) is 35.2 Å². The first kappa shape index (κ1) is 35.4. The molecule has 0 N–H and O–H groups in total. The molecule has 252 valence electrons. The number of amides is 2. The van der Waals surface area contributed by atoms with Gasteiger partial charge in [0.1, 0.15) is 17.5 Å². The van der Waals surface area contributed by atoms with Gasteiger partial charge in [0.15, 0.2) is 0 Å². The lowest BCUT2D eigenvalue weighted by Gasteiger charge is -2.31. The monoisotopic (exact) mass is 675 g/mol. The Morgan fingerprint density at radius 1 is 1.04 bits per heavy atom. The van der Waals surface area contributed by atoms with E-state index in [2.05, 4.69) is 4.98 Å². The molecule has 2 aromatic carbocycles. The van der Waals surface area contributed by atoms with Crippen LogP contribution in [0.15, 0.2) is 48.5 Å². The number of halogens is 4. The summed E-state index contributed by atoms with van der Waals surface area (Å²) in [7, 11) is 8.91. The average Bonchev–Trinajstić information content (AvgIpc) is 3.39. The molecule has 4 rings (SSSR count). The number of carbonyl (C=O) groups excluding carboxylic acids is 2. The Hall–Kier alpha value is -4.43. The second-order valence-corrected chi connectivity index (χ2v) is 12.2. The second-order valence-electron chi connectivity index (χ2n) is 11.8. The molecule has 15 heteroatoms. The van der Waals surface area contributed by atoms with Crippen LogP contribution in [0.2, 0.25) is 5.02 Å². The molecule has 1 fully saturated rings. The van der Waals surface area contributed by atoms with E-state index in [1.807, 2.05) is 28.8 Å². The minimum atomic E-state index is -4.66. The summed E-state index contributed by atoms with van der Waals surface area (Å²) in [4.78, 5) is 50.4.